The average Bonchev–Trinajstić information content (AvgIpc) is 2.90. The fourth-order valence-electron chi connectivity index (χ4n) is 3.44. The van der Waals surface area contributed by atoms with Gasteiger partial charge < -0.3 is 19.0 Å². The van der Waals surface area contributed by atoms with Gasteiger partial charge in [0.05, 0.1) is 18.3 Å². The van der Waals surface area contributed by atoms with Crippen LogP contribution in [-0.4, -0.2) is 33.7 Å². The SMILES string of the molecule is NCCC[Si]12OC3CCCCCCCC(O1)C3O2. The molecule has 3 aliphatic rings. The first-order chi connectivity index (χ1) is 8.83. The molecule has 2 saturated heterocycles. The lowest BCUT2D eigenvalue weighted by Gasteiger charge is -2.31. The molecule has 2 unspecified atom stereocenters. The van der Waals surface area contributed by atoms with Crippen molar-refractivity contribution in [2.24, 2.45) is 5.73 Å². The van der Waals surface area contributed by atoms with E-state index in [1.54, 1.807) is 0 Å². The van der Waals surface area contributed by atoms with Crippen molar-refractivity contribution in [2.45, 2.75) is 75.7 Å². The molecule has 2 atom stereocenters. The van der Waals surface area contributed by atoms with Crippen molar-refractivity contribution in [1.29, 1.82) is 0 Å². The van der Waals surface area contributed by atoms with Crippen LogP contribution in [0.4, 0.5) is 0 Å². The molecule has 5 heteroatoms. The minimum Gasteiger partial charge on any atom is -0.368 e. The van der Waals surface area contributed by atoms with Gasteiger partial charge in [-0.15, -0.1) is 0 Å². The van der Waals surface area contributed by atoms with Crippen molar-refractivity contribution in [1.82, 2.24) is 0 Å². The zero-order chi connectivity index (χ0) is 12.4. The van der Waals surface area contributed by atoms with Crippen LogP contribution in [-0.2, 0) is 13.3 Å². The van der Waals surface area contributed by atoms with Crippen molar-refractivity contribution in [3.63, 3.8) is 0 Å². The molecule has 0 amide bonds. The van der Waals surface area contributed by atoms with Crippen LogP contribution in [0.3, 0.4) is 0 Å². The molecule has 4 nitrogen and oxygen atoms in total. The zero-order valence-electron chi connectivity index (χ0n) is 11.1. The topological polar surface area (TPSA) is 53.7 Å². The Hall–Kier alpha value is 0.0569. The number of nitrogens with two attached hydrogens (primary N) is 1. The van der Waals surface area contributed by atoms with E-state index in [0.29, 0.717) is 18.8 Å². The highest BCUT2D eigenvalue weighted by molar-refractivity contribution is 6.62. The molecule has 2 aliphatic heterocycles. The molecule has 0 aromatic rings. The van der Waals surface area contributed by atoms with E-state index in [1.807, 2.05) is 0 Å². The second-order valence-corrected chi connectivity index (χ2v) is 8.39. The summed E-state index contributed by atoms with van der Waals surface area (Å²) >= 11 is 0. The van der Waals surface area contributed by atoms with Gasteiger partial charge in [0.2, 0.25) is 0 Å². The Morgan fingerprint density at radius 3 is 2.11 bits per heavy atom. The van der Waals surface area contributed by atoms with Crippen LogP contribution in [0.1, 0.15) is 51.4 Å². The lowest BCUT2D eigenvalue weighted by Crippen LogP contribution is -2.46. The van der Waals surface area contributed by atoms with Crippen LogP contribution in [0.5, 0.6) is 0 Å². The summed E-state index contributed by atoms with van der Waals surface area (Å²) < 4.78 is 18.6. The van der Waals surface area contributed by atoms with Crippen LogP contribution >= 0.6 is 0 Å². The first kappa shape index (κ1) is 13.1. The largest absolute Gasteiger partial charge is 0.502 e. The van der Waals surface area contributed by atoms with Gasteiger partial charge in [-0.2, -0.15) is 0 Å². The molecule has 0 aromatic carbocycles. The fraction of sp³-hybridized carbons (Fsp3) is 1.00. The Balaban J connectivity index is 1.68. The van der Waals surface area contributed by atoms with Crippen molar-refractivity contribution in [2.75, 3.05) is 6.54 Å². The molecule has 2 N–H and O–H groups in total. The summed E-state index contributed by atoms with van der Waals surface area (Å²) in [4.78, 5) is 0. The van der Waals surface area contributed by atoms with Crippen molar-refractivity contribution in [3.8, 4) is 0 Å². The smallest absolute Gasteiger partial charge is 0.368 e. The van der Waals surface area contributed by atoms with Gasteiger partial charge in [0.15, 0.2) is 0 Å². The van der Waals surface area contributed by atoms with Gasteiger partial charge in [0, 0.05) is 6.04 Å². The molecule has 18 heavy (non-hydrogen) atoms. The quantitative estimate of drug-likeness (QED) is 0.800. The number of rotatable bonds is 3. The number of hydrogen-bond donors (Lipinski definition) is 1. The molecule has 3 rings (SSSR count). The monoisotopic (exact) mass is 271 g/mol. The maximum absolute atomic E-state index is 6.20. The van der Waals surface area contributed by atoms with Gasteiger partial charge in [0.25, 0.3) is 0 Å². The highest BCUT2D eigenvalue weighted by atomic mass is 28.4. The maximum atomic E-state index is 6.20. The van der Waals surface area contributed by atoms with E-state index in [4.69, 9.17) is 19.0 Å². The van der Waals surface area contributed by atoms with Gasteiger partial charge in [-0.3, -0.25) is 0 Å². The van der Waals surface area contributed by atoms with Crippen LogP contribution < -0.4 is 5.73 Å². The van der Waals surface area contributed by atoms with Crippen molar-refractivity contribution >= 4 is 8.80 Å². The summed E-state index contributed by atoms with van der Waals surface area (Å²) in [7, 11) is -2.32. The van der Waals surface area contributed by atoms with E-state index in [2.05, 4.69) is 0 Å². The Morgan fingerprint density at radius 2 is 1.50 bits per heavy atom. The molecule has 104 valence electrons. The second-order valence-electron chi connectivity index (χ2n) is 5.82. The third-order valence-corrected chi connectivity index (χ3v) is 7.30. The summed E-state index contributed by atoms with van der Waals surface area (Å²) in [6, 6.07) is 0.910. The van der Waals surface area contributed by atoms with Gasteiger partial charge >= 0.3 is 8.80 Å². The van der Waals surface area contributed by atoms with Crippen LogP contribution in [0.2, 0.25) is 6.04 Å². The Kier molecular flexibility index (Phi) is 4.05. The summed E-state index contributed by atoms with van der Waals surface area (Å²) in [6.07, 6.45) is 10.7. The van der Waals surface area contributed by atoms with E-state index in [9.17, 15) is 0 Å². The van der Waals surface area contributed by atoms with Gasteiger partial charge in [-0.05, 0) is 25.8 Å². The first-order valence-corrected chi connectivity index (χ1v) is 9.50. The third-order valence-electron chi connectivity index (χ3n) is 4.37. The van der Waals surface area contributed by atoms with Gasteiger partial charge in [-0.25, -0.2) is 0 Å². The summed E-state index contributed by atoms with van der Waals surface area (Å²) in [5, 5.41) is 0. The van der Waals surface area contributed by atoms with Crippen LogP contribution in [0.15, 0.2) is 0 Å². The standard InChI is InChI=1S/C13H25NO3Si/c14-9-6-10-18-15-11-7-4-2-1-3-5-8-12(16-18)13(11)17-18/h11-13H,1-10,14H2. The summed E-state index contributed by atoms with van der Waals surface area (Å²) in [5.74, 6) is 0. The van der Waals surface area contributed by atoms with E-state index in [0.717, 1.165) is 25.3 Å². The molecule has 1 aliphatic carbocycles. The van der Waals surface area contributed by atoms with E-state index >= 15 is 0 Å². The average molecular weight is 271 g/mol. The Morgan fingerprint density at radius 1 is 0.889 bits per heavy atom. The van der Waals surface area contributed by atoms with Gasteiger partial charge in [-0.1, -0.05) is 32.1 Å². The Bertz CT molecular complexity index is 266. The third kappa shape index (κ3) is 2.51. The molecule has 1 saturated carbocycles. The van der Waals surface area contributed by atoms with E-state index < -0.39 is 8.80 Å². The predicted molar refractivity (Wildman–Crippen MR) is 71.2 cm³/mol. The summed E-state index contributed by atoms with van der Waals surface area (Å²) in [5.41, 5.74) is 5.61. The highest BCUT2D eigenvalue weighted by Crippen LogP contribution is 2.44. The highest BCUT2D eigenvalue weighted by Gasteiger charge is 2.62. The zero-order valence-corrected chi connectivity index (χ0v) is 12.1. The maximum Gasteiger partial charge on any atom is 0.502 e. The molecular formula is C13H25NO3Si. The second kappa shape index (κ2) is 5.59. The molecule has 2 heterocycles. The molecule has 2 bridgehead atoms. The molecule has 3 fully saturated rings. The van der Waals surface area contributed by atoms with Crippen LogP contribution in [0.25, 0.3) is 0 Å². The van der Waals surface area contributed by atoms with Crippen molar-refractivity contribution < 1.29 is 13.3 Å². The van der Waals surface area contributed by atoms with E-state index in [1.165, 1.54) is 32.1 Å². The minimum absolute atomic E-state index is 0.229. The molecule has 0 aromatic heterocycles. The number of fused-ring (bicyclic) bond motifs is 1. The molecule has 0 spiro atoms. The van der Waals surface area contributed by atoms with Crippen LogP contribution in [0, 0.1) is 0 Å². The fourth-order valence-corrected chi connectivity index (χ4v) is 6.74. The number of hydrogen-bond acceptors (Lipinski definition) is 4. The Labute approximate surface area is 111 Å². The minimum atomic E-state index is -2.32. The summed E-state index contributed by atoms with van der Waals surface area (Å²) in [6.45, 7) is 0.699. The van der Waals surface area contributed by atoms with Gasteiger partial charge in [0.1, 0.15) is 0 Å². The van der Waals surface area contributed by atoms with Crippen molar-refractivity contribution in [3.05, 3.63) is 0 Å². The van der Waals surface area contributed by atoms with E-state index in [-0.39, 0.29) is 6.10 Å². The lowest BCUT2D eigenvalue weighted by molar-refractivity contribution is 0.0107. The lowest BCUT2D eigenvalue weighted by atomic mass is 9.95. The normalized spacial score (nSPS) is 44.2. The molecular weight excluding hydrogens is 246 g/mol. The molecule has 0 radical (unpaired) electrons. The predicted octanol–water partition coefficient (Wildman–Crippen LogP) is 2.20. The first-order valence-electron chi connectivity index (χ1n) is 7.56.